The van der Waals surface area contributed by atoms with Crippen molar-refractivity contribution in [3.8, 4) is 0 Å². The molecule has 0 radical (unpaired) electrons. The van der Waals surface area contributed by atoms with Crippen molar-refractivity contribution in [3.05, 3.63) is 0 Å². The molecule has 2 unspecified atom stereocenters. The van der Waals surface area contributed by atoms with Crippen LogP contribution < -0.4 is 5.73 Å². The summed E-state index contributed by atoms with van der Waals surface area (Å²) in [6.07, 6.45) is 2.49. The van der Waals surface area contributed by atoms with Crippen molar-refractivity contribution in [1.82, 2.24) is 0 Å². The molecule has 0 saturated carbocycles. The first kappa shape index (κ1) is 7.42. The maximum absolute atomic E-state index is 5.86. The number of rotatable bonds is 2. The molecule has 1 rings (SSSR count). The molecule has 0 aromatic carbocycles. The molecule has 0 aliphatic carbocycles. The highest BCUT2D eigenvalue weighted by Gasteiger charge is 2.20. The van der Waals surface area contributed by atoms with Gasteiger partial charge in [-0.05, 0) is 30.3 Å². The molecule has 1 aliphatic rings. The largest absolute Gasteiger partial charge is 0.327 e. The molecule has 1 fully saturated rings. The van der Waals surface area contributed by atoms with Crippen LogP contribution in [0.25, 0.3) is 0 Å². The maximum Gasteiger partial charge on any atom is 0.00727 e. The fraction of sp³-hybridized carbons (Fsp3) is 1.00. The van der Waals surface area contributed by atoms with Crippen LogP contribution in [-0.4, -0.2) is 17.5 Å². The molecule has 2 atom stereocenters. The third-order valence-corrected chi connectivity index (χ3v) is 3.23. The SMILES string of the molecule is CCC(N)C1CCSC1. The third kappa shape index (κ3) is 1.87. The van der Waals surface area contributed by atoms with Gasteiger partial charge in [-0.15, -0.1) is 0 Å². The smallest absolute Gasteiger partial charge is 0.00727 e. The van der Waals surface area contributed by atoms with Crippen molar-refractivity contribution in [2.45, 2.75) is 25.8 Å². The maximum atomic E-state index is 5.86. The lowest BCUT2D eigenvalue weighted by Crippen LogP contribution is -2.28. The van der Waals surface area contributed by atoms with Crippen LogP contribution in [0.4, 0.5) is 0 Å². The van der Waals surface area contributed by atoms with Crippen molar-refractivity contribution in [2.75, 3.05) is 11.5 Å². The average Bonchev–Trinajstić information content (AvgIpc) is 2.37. The van der Waals surface area contributed by atoms with E-state index >= 15 is 0 Å². The molecule has 2 N–H and O–H groups in total. The van der Waals surface area contributed by atoms with Gasteiger partial charge in [0.2, 0.25) is 0 Å². The summed E-state index contributed by atoms with van der Waals surface area (Å²) in [6, 6.07) is 0.472. The first-order valence-corrected chi connectivity index (χ1v) is 4.83. The Morgan fingerprint density at radius 2 is 2.56 bits per heavy atom. The van der Waals surface area contributed by atoms with E-state index in [1.165, 1.54) is 17.9 Å². The van der Waals surface area contributed by atoms with Crippen LogP contribution in [-0.2, 0) is 0 Å². The molecule has 1 nitrogen and oxygen atoms in total. The summed E-state index contributed by atoms with van der Waals surface area (Å²) in [5, 5.41) is 0. The van der Waals surface area contributed by atoms with E-state index in [1.54, 1.807) is 0 Å². The predicted octanol–water partition coefficient (Wildman–Crippen LogP) is 1.48. The zero-order valence-electron chi connectivity index (χ0n) is 5.97. The van der Waals surface area contributed by atoms with E-state index in [4.69, 9.17) is 5.73 Å². The number of hydrogen-bond acceptors (Lipinski definition) is 2. The van der Waals surface area contributed by atoms with Crippen molar-refractivity contribution in [1.29, 1.82) is 0 Å². The normalized spacial score (nSPS) is 30.7. The first-order chi connectivity index (χ1) is 4.34. The predicted molar refractivity (Wildman–Crippen MR) is 43.7 cm³/mol. The fourth-order valence-electron chi connectivity index (χ4n) is 1.22. The lowest BCUT2D eigenvalue weighted by atomic mass is 9.98. The van der Waals surface area contributed by atoms with Gasteiger partial charge in [0.1, 0.15) is 0 Å². The van der Waals surface area contributed by atoms with Crippen molar-refractivity contribution < 1.29 is 0 Å². The Morgan fingerprint density at radius 1 is 1.78 bits per heavy atom. The quantitative estimate of drug-likeness (QED) is 0.637. The highest BCUT2D eigenvalue weighted by molar-refractivity contribution is 7.99. The van der Waals surface area contributed by atoms with E-state index in [0.29, 0.717) is 6.04 Å². The molecule has 0 spiro atoms. The Kier molecular flexibility index (Phi) is 2.86. The van der Waals surface area contributed by atoms with Gasteiger partial charge in [0.05, 0.1) is 0 Å². The Labute approximate surface area is 61.4 Å². The number of nitrogens with two attached hydrogens (primary N) is 1. The van der Waals surface area contributed by atoms with E-state index in [1.807, 2.05) is 11.8 Å². The van der Waals surface area contributed by atoms with E-state index in [0.717, 1.165) is 12.3 Å². The van der Waals surface area contributed by atoms with Crippen LogP contribution in [0.3, 0.4) is 0 Å². The van der Waals surface area contributed by atoms with E-state index in [-0.39, 0.29) is 0 Å². The number of hydrogen-bond donors (Lipinski definition) is 1. The highest BCUT2D eigenvalue weighted by atomic mass is 32.2. The monoisotopic (exact) mass is 145 g/mol. The minimum Gasteiger partial charge on any atom is -0.327 e. The summed E-state index contributed by atoms with van der Waals surface area (Å²) in [5.74, 6) is 3.45. The van der Waals surface area contributed by atoms with Gasteiger partial charge in [0.15, 0.2) is 0 Å². The topological polar surface area (TPSA) is 26.0 Å². The Bertz CT molecular complexity index is 79.0. The summed E-state index contributed by atoms with van der Waals surface area (Å²) in [7, 11) is 0. The van der Waals surface area contributed by atoms with E-state index < -0.39 is 0 Å². The molecule has 0 amide bonds. The molecule has 0 bridgehead atoms. The molecule has 9 heavy (non-hydrogen) atoms. The minimum atomic E-state index is 0.472. The highest BCUT2D eigenvalue weighted by Crippen LogP contribution is 2.26. The molecule has 1 saturated heterocycles. The van der Waals surface area contributed by atoms with Crippen LogP contribution in [0, 0.1) is 5.92 Å². The van der Waals surface area contributed by atoms with Crippen molar-refractivity contribution in [2.24, 2.45) is 11.7 Å². The molecule has 54 valence electrons. The summed E-state index contributed by atoms with van der Waals surface area (Å²) in [5.41, 5.74) is 5.86. The summed E-state index contributed by atoms with van der Waals surface area (Å²) < 4.78 is 0. The van der Waals surface area contributed by atoms with Crippen LogP contribution in [0.1, 0.15) is 19.8 Å². The zero-order chi connectivity index (χ0) is 6.69. The molecule has 1 aliphatic heterocycles. The Hall–Kier alpha value is 0.310. The molecular formula is C7H15NS. The molecule has 0 aromatic heterocycles. The van der Waals surface area contributed by atoms with Gasteiger partial charge in [-0.3, -0.25) is 0 Å². The van der Waals surface area contributed by atoms with Gasteiger partial charge in [0, 0.05) is 6.04 Å². The van der Waals surface area contributed by atoms with Crippen LogP contribution in [0.2, 0.25) is 0 Å². The molecule has 1 heterocycles. The average molecular weight is 145 g/mol. The fourth-order valence-corrected chi connectivity index (χ4v) is 2.58. The van der Waals surface area contributed by atoms with Gasteiger partial charge in [-0.25, -0.2) is 0 Å². The van der Waals surface area contributed by atoms with E-state index in [9.17, 15) is 0 Å². The first-order valence-electron chi connectivity index (χ1n) is 3.68. The second kappa shape index (κ2) is 3.47. The van der Waals surface area contributed by atoms with Gasteiger partial charge < -0.3 is 5.73 Å². The second-order valence-electron chi connectivity index (χ2n) is 2.70. The van der Waals surface area contributed by atoms with Crippen LogP contribution >= 0.6 is 11.8 Å². The molecule has 2 heteroatoms. The lowest BCUT2D eigenvalue weighted by Gasteiger charge is -2.14. The molecular weight excluding hydrogens is 130 g/mol. The Balaban J connectivity index is 2.24. The number of thioether (sulfide) groups is 1. The molecule has 0 aromatic rings. The lowest BCUT2D eigenvalue weighted by molar-refractivity contribution is 0.454. The summed E-state index contributed by atoms with van der Waals surface area (Å²) in [6.45, 7) is 2.17. The zero-order valence-corrected chi connectivity index (χ0v) is 6.79. The minimum absolute atomic E-state index is 0.472. The van der Waals surface area contributed by atoms with Gasteiger partial charge >= 0.3 is 0 Å². The van der Waals surface area contributed by atoms with Crippen molar-refractivity contribution >= 4 is 11.8 Å². The third-order valence-electron chi connectivity index (χ3n) is 2.04. The summed E-state index contributed by atoms with van der Waals surface area (Å²) in [4.78, 5) is 0. The Morgan fingerprint density at radius 3 is 3.00 bits per heavy atom. The van der Waals surface area contributed by atoms with Crippen LogP contribution in [0.15, 0.2) is 0 Å². The van der Waals surface area contributed by atoms with E-state index in [2.05, 4.69) is 6.92 Å². The van der Waals surface area contributed by atoms with Crippen molar-refractivity contribution in [3.63, 3.8) is 0 Å². The second-order valence-corrected chi connectivity index (χ2v) is 3.85. The van der Waals surface area contributed by atoms with Gasteiger partial charge in [0.25, 0.3) is 0 Å². The van der Waals surface area contributed by atoms with Gasteiger partial charge in [-0.2, -0.15) is 11.8 Å². The van der Waals surface area contributed by atoms with Crippen LogP contribution in [0.5, 0.6) is 0 Å². The van der Waals surface area contributed by atoms with Gasteiger partial charge in [-0.1, -0.05) is 6.92 Å². The standard InChI is InChI=1S/C7H15NS/c1-2-7(8)6-3-4-9-5-6/h6-7H,2-5,8H2,1H3. The summed E-state index contributed by atoms with van der Waals surface area (Å²) >= 11 is 2.05.